The van der Waals surface area contributed by atoms with Gasteiger partial charge in [-0.25, -0.2) is 21.6 Å². The molecule has 13 heavy (non-hydrogen) atoms. The molecular weight excluding hydrogens is 282 g/mol. The lowest BCUT2D eigenvalue weighted by Crippen LogP contribution is -2.30. The topological polar surface area (TPSA) is 80.3 Å². The molecule has 0 radical (unpaired) electrons. The number of halogens is 1. The molecule has 0 bridgehead atoms. The Kier molecular flexibility index (Phi) is 5.42. The third-order valence-corrected chi connectivity index (χ3v) is 4.13. The summed E-state index contributed by atoms with van der Waals surface area (Å²) in [5.74, 6) is -0.719. The molecule has 0 amide bonds. The first-order valence-electron chi connectivity index (χ1n) is 3.48. The van der Waals surface area contributed by atoms with E-state index in [4.69, 9.17) is 0 Å². The molecule has 0 heterocycles. The summed E-state index contributed by atoms with van der Waals surface area (Å²) < 4.78 is 45.6. The lowest BCUT2D eigenvalue weighted by atomic mass is 10.8. The molecule has 5 nitrogen and oxygen atoms in total. The van der Waals surface area contributed by atoms with E-state index >= 15 is 0 Å². The van der Waals surface area contributed by atoms with Crippen LogP contribution in [0.5, 0.6) is 0 Å². The second-order valence-corrected chi connectivity index (χ2v) is 7.51. The number of hydrogen-bond acceptors (Lipinski definition) is 4. The minimum absolute atomic E-state index is 0.270. The largest absolute Gasteiger partial charge is 0.229 e. The minimum Gasteiger partial charge on any atom is -0.229 e. The molecule has 0 saturated carbocycles. The smallest absolute Gasteiger partial charge is 0.212 e. The van der Waals surface area contributed by atoms with Gasteiger partial charge in [-0.3, -0.25) is 0 Å². The second-order valence-electron chi connectivity index (χ2n) is 2.53. The number of sulfonamides is 1. The highest BCUT2D eigenvalue weighted by molar-refractivity contribution is 9.09. The van der Waals surface area contributed by atoms with Crippen LogP contribution < -0.4 is 4.72 Å². The predicted molar refractivity (Wildman–Crippen MR) is 55.3 cm³/mol. The fourth-order valence-electron chi connectivity index (χ4n) is 0.527. The van der Waals surface area contributed by atoms with Crippen LogP contribution in [0, 0.1) is 0 Å². The van der Waals surface area contributed by atoms with Crippen molar-refractivity contribution in [3.63, 3.8) is 0 Å². The number of rotatable bonds is 6. The third kappa shape index (κ3) is 8.66. The zero-order chi connectivity index (χ0) is 10.5. The van der Waals surface area contributed by atoms with Gasteiger partial charge in [0.25, 0.3) is 0 Å². The zero-order valence-electron chi connectivity index (χ0n) is 7.16. The average Bonchev–Trinajstić information content (AvgIpc) is 1.97. The Hall–Kier alpha value is 0.340. The summed E-state index contributed by atoms with van der Waals surface area (Å²) in [6.45, 7) is 0.270. The van der Waals surface area contributed by atoms with Crippen molar-refractivity contribution in [3.05, 3.63) is 0 Å². The Balaban J connectivity index is 4.05. The Morgan fingerprint density at radius 2 is 1.69 bits per heavy atom. The lowest BCUT2D eigenvalue weighted by Gasteiger charge is -2.03. The van der Waals surface area contributed by atoms with Crippen LogP contribution in [0.1, 0.15) is 0 Å². The van der Waals surface area contributed by atoms with Gasteiger partial charge in [0.2, 0.25) is 10.0 Å². The maximum absolute atomic E-state index is 11.0. The molecule has 0 unspecified atom stereocenters. The van der Waals surface area contributed by atoms with Crippen molar-refractivity contribution < 1.29 is 16.8 Å². The van der Waals surface area contributed by atoms with Crippen LogP contribution in [0.15, 0.2) is 0 Å². The first-order valence-corrected chi connectivity index (χ1v) is 8.31. The van der Waals surface area contributed by atoms with Crippen LogP contribution in [0.4, 0.5) is 0 Å². The highest BCUT2D eigenvalue weighted by Crippen LogP contribution is 1.90. The van der Waals surface area contributed by atoms with Crippen molar-refractivity contribution in [3.8, 4) is 0 Å². The van der Waals surface area contributed by atoms with Gasteiger partial charge in [-0.05, 0) is 0 Å². The lowest BCUT2D eigenvalue weighted by molar-refractivity contribution is 0.581. The summed E-state index contributed by atoms with van der Waals surface area (Å²) >= 11 is 3.05. The molecule has 80 valence electrons. The first kappa shape index (κ1) is 13.3. The Bertz CT molecular complexity index is 334. The molecule has 0 aliphatic heterocycles. The van der Waals surface area contributed by atoms with Gasteiger partial charge in [0, 0.05) is 18.1 Å². The van der Waals surface area contributed by atoms with E-state index in [1.807, 2.05) is 0 Å². The van der Waals surface area contributed by atoms with Gasteiger partial charge < -0.3 is 0 Å². The van der Waals surface area contributed by atoms with Crippen molar-refractivity contribution in [2.75, 3.05) is 29.6 Å². The van der Waals surface area contributed by atoms with Crippen LogP contribution in [-0.2, 0) is 19.9 Å². The van der Waals surface area contributed by atoms with E-state index in [1.54, 1.807) is 0 Å². The summed E-state index contributed by atoms with van der Waals surface area (Å²) in [6.07, 6.45) is 1.01. The number of nitrogens with one attached hydrogen (secondary N) is 1. The first-order chi connectivity index (χ1) is 5.77. The predicted octanol–water partition coefficient (Wildman–Crippen LogP) is -0.655. The van der Waals surface area contributed by atoms with E-state index in [2.05, 4.69) is 20.7 Å². The Morgan fingerprint density at radius 1 is 1.15 bits per heavy atom. The Labute approximate surface area is 87.0 Å². The minimum atomic E-state index is -3.44. The van der Waals surface area contributed by atoms with E-state index in [0.717, 1.165) is 6.26 Å². The van der Waals surface area contributed by atoms with Crippen molar-refractivity contribution in [1.82, 2.24) is 4.72 Å². The SMILES string of the molecule is CS(=O)(=O)CCS(=O)(=O)NCCBr. The highest BCUT2D eigenvalue weighted by atomic mass is 79.9. The normalized spacial score (nSPS) is 13.1. The fourth-order valence-corrected chi connectivity index (χ4v) is 3.63. The van der Waals surface area contributed by atoms with E-state index in [9.17, 15) is 16.8 Å². The molecule has 0 saturated heterocycles. The highest BCUT2D eigenvalue weighted by Gasteiger charge is 2.12. The molecule has 0 aliphatic rings. The molecule has 1 N–H and O–H groups in total. The molecule has 0 aromatic heterocycles. The molecular formula is C5H12BrNO4S2. The Morgan fingerprint density at radius 3 is 2.08 bits per heavy atom. The van der Waals surface area contributed by atoms with E-state index in [0.29, 0.717) is 5.33 Å². The van der Waals surface area contributed by atoms with Gasteiger partial charge >= 0.3 is 0 Å². The quantitative estimate of drug-likeness (QED) is 0.660. The number of alkyl halides is 1. The van der Waals surface area contributed by atoms with Crippen LogP contribution in [0.25, 0.3) is 0 Å². The summed E-state index contributed by atoms with van der Waals surface area (Å²) in [4.78, 5) is 0. The van der Waals surface area contributed by atoms with Crippen molar-refractivity contribution in [1.29, 1.82) is 0 Å². The van der Waals surface area contributed by atoms with Crippen molar-refractivity contribution in [2.45, 2.75) is 0 Å². The molecule has 0 fully saturated rings. The molecule has 0 atom stereocenters. The standard InChI is InChI=1S/C5H12BrNO4S2/c1-12(8,9)4-5-13(10,11)7-3-2-6/h7H,2-5H2,1H3. The van der Waals surface area contributed by atoms with Gasteiger partial charge in [-0.1, -0.05) is 15.9 Å². The van der Waals surface area contributed by atoms with E-state index in [-0.39, 0.29) is 18.1 Å². The summed E-state index contributed by atoms with van der Waals surface area (Å²) in [7, 11) is -6.65. The van der Waals surface area contributed by atoms with Crippen LogP contribution >= 0.6 is 15.9 Å². The number of sulfone groups is 1. The fraction of sp³-hybridized carbons (Fsp3) is 1.00. The van der Waals surface area contributed by atoms with E-state index < -0.39 is 19.9 Å². The van der Waals surface area contributed by atoms with Crippen LogP contribution in [0.2, 0.25) is 0 Å². The van der Waals surface area contributed by atoms with Gasteiger partial charge in [-0.2, -0.15) is 0 Å². The molecule has 0 rings (SSSR count). The summed E-state index contributed by atoms with van der Waals surface area (Å²) in [5.41, 5.74) is 0. The van der Waals surface area contributed by atoms with Gasteiger partial charge in [0.1, 0.15) is 9.84 Å². The van der Waals surface area contributed by atoms with Gasteiger partial charge in [-0.15, -0.1) is 0 Å². The van der Waals surface area contributed by atoms with Crippen LogP contribution in [-0.4, -0.2) is 46.5 Å². The number of hydrogen-bond donors (Lipinski definition) is 1. The zero-order valence-corrected chi connectivity index (χ0v) is 10.4. The van der Waals surface area contributed by atoms with E-state index in [1.165, 1.54) is 0 Å². The second kappa shape index (κ2) is 5.28. The maximum atomic E-state index is 11.0. The average molecular weight is 294 g/mol. The molecule has 0 aliphatic carbocycles. The summed E-state index contributed by atoms with van der Waals surface area (Å²) in [6, 6.07) is 0. The van der Waals surface area contributed by atoms with Crippen LogP contribution in [0.3, 0.4) is 0 Å². The monoisotopic (exact) mass is 293 g/mol. The molecule has 0 aromatic rings. The third-order valence-electron chi connectivity index (χ3n) is 1.14. The summed E-state index contributed by atoms with van der Waals surface area (Å²) in [5, 5.41) is 0.505. The van der Waals surface area contributed by atoms with Gasteiger partial charge in [0.05, 0.1) is 11.5 Å². The maximum Gasteiger partial charge on any atom is 0.212 e. The molecule has 8 heteroatoms. The van der Waals surface area contributed by atoms with Gasteiger partial charge in [0.15, 0.2) is 0 Å². The van der Waals surface area contributed by atoms with Crippen molar-refractivity contribution >= 4 is 35.8 Å². The van der Waals surface area contributed by atoms with Crippen molar-refractivity contribution in [2.24, 2.45) is 0 Å². The molecule has 0 aromatic carbocycles. The molecule has 0 spiro atoms.